The highest BCUT2D eigenvalue weighted by Gasteiger charge is 2.16. The van der Waals surface area contributed by atoms with Gasteiger partial charge < -0.3 is 0 Å². The molecular formula is C51H33N3. The first kappa shape index (κ1) is 31.5. The normalized spacial score (nSPS) is 11.3. The van der Waals surface area contributed by atoms with Crippen LogP contribution < -0.4 is 0 Å². The minimum atomic E-state index is 0.716. The van der Waals surface area contributed by atoms with Crippen LogP contribution in [0.25, 0.3) is 99.9 Å². The van der Waals surface area contributed by atoms with E-state index in [1.165, 1.54) is 27.3 Å². The fraction of sp³-hybridized carbons (Fsp3) is 0. The molecule has 2 aromatic heterocycles. The van der Waals surface area contributed by atoms with E-state index < -0.39 is 0 Å². The Bertz CT molecular complexity index is 2900. The molecule has 3 nitrogen and oxygen atoms in total. The Morgan fingerprint density at radius 2 is 0.833 bits per heavy atom. The van der Waals surface area contributed by atoms with Crippen molar-refractivity contribution in [3.8, 4) is 67.4 Å². The average molecular weight is 688 g/mol. The van der Waals surface area contributed by atoms with Gasteiger partial charge in [-0.15, -0.1) is 0 Å². The van der Waals surface area contributed by atoms with Crippen LogP contribution in [0.5, 0.6) is 0 Å². The van der Waals surface area contributed by atoms with Crippen LogP contribution in [-0.2, 0) is 0 Å². The third-order valence-corrected chi connectivity index (χ3v) is 10.3. The van der Waals surface area contributed by atoms with Gasteiger partial charge in [-0.25, -0.2) is 15.0 Å². The third-order valence-electron chi connectivity index (χ3n) is 10.3. The summed E-state index contributed by atoms with van der Waals surface area (Å²) < 4.78 is 0. The van der Waals surface area contributed by atoms with Crippen LogP contribution in [0.1, 0.15) is 0 Å². The standard InChI is InChI=1S/C51H33N3/c1-3-13-38(14-4-1)47-33-48(54-51(53-47)40-15-5-2-6-16-40)39-29-24-36(25-30-39)35-22-27-37(28-23-35)43-19-11-20-45-49(43)44-18-9-10-21-46(44)52-50(45)42-31-26-34-12-7-8-17-41(34)32-42/h1-33H. The van der Waals surface area contributed by atoms with Crippen LogP contribution >= 0.6 is 0 Å². The number of aromatic nitrogens is 3. The fourth-order valence-corrected chi connectivity index (χ4v) is 7.54. The van der Waals surface area contributed by atoms with E-state index in [0.29, 0.717) is 5.82 Å². The number of rotatable bonds is 6. The van der Waals surface area contributed by atoms with Crippen molar-refractivity contribution in [1.82, 2.24) is 15.0 Å². The lowest BCUT2D eigenvalue weighted by Gasteiger charge is -2.15. The Kier molecular flexibility index (Phi) is 7.81. The first-order chi connectivity index (χ1) is 26.7. The van der Waals surface area contributed by atoms with Crippen molar-refractivity contribution in [2.75, 3.05) is 0 Å². The molecule has 10 aromatic rings. The molecule has 0 unspecified atom stereocenters. The van der Waals surface area contributed by atoms with Gasteiger partial charge in [0.15, 0.2) is 5.82 Å². The van der Waals surface area contributed by atoms with Crippen molar-refractivity contribution in [2.24, 2.45) is 0 Å². The molecule has 0 bridgehead atoms. The zero-order chi connectivity index (χ0) is 35.8. The molecule has 0 N–H and O–H groups in total. The van der Waals surface area contributed by atoms with Gasteiger partial charge in [0.25, 0.3) is 0 Å². The molecule has 10 rings (SSSR count). The number of hydrogen-bond acceptors (Lipinski definition) is 3. The predicted octanol–water partition coefficient (Wildman–Crippen LogP) is 13.3. The number of para-hydroxylation sites is 1. The molecule has 3 heteroatoms. The SMILES string of the molecule is c1ccc(-c2cc(-c3ccc(-c4ccc(-c5cccc6c(-c7ccc8ccccc8c7)nc7ccccc7c56)cc4)cc3)nc(-c3ccccc3)n2)cc1. The first-order valence-electron chi connectivity index (χ1n) is 18.3. The molecule has 0 atom stereocenters. The van der Waals surface area contributed by atoms with Crippen LogP contribution in [-0.4, -0.2) is 15.0 Å². The summed E-state index contributed by atoms with van der Waals surface area (Å²) in [6.45, 7) is 0. The summed E-state index contributed by atoms with van der Waals surface area (Å²) in [5.41, 5.74) is 12.7. The maximum absolute atomic E-state index is 5.23. The van der Waals surface area contributed by atoms with E-state index in [1.54, 1.807) is 0 Å². The Balaban J connectivity index is 1.01. The number of fused-ring (bicyclic) bond motifs is 4. The van der Waals surface area contributed by atoms with E-state index in [-0.39, 0.29) is 0 Å². The van der Waals surface area contributed by atoms with Gasteiger partial charge in [0.2, 0.25) is 0 Å². The maximum atomic E-state index is 5.23. The number of pyridine rings is 1. The van der Waals surface area contributed by atoms with E-state index in [0.717, 1.165) is 66.8 Å². The minimum absolute atomic E-state index is 0.716. The van der Waals surface area contributed by atoms with Gasteiger partial charge in [0, 0.05) is 38.4 Å². The van der Waals surface area contributed by atoms with Gasteiger partial charge in [-0.2, -0.15) is 0 Å². The number of nitrogens with zero attached hydrogens (tertiary/aromatic N) is 3. The zero-order valence-electron chi connectivity index (χ0n) is 29.4. The van der Waals surface area contributed by atoms with Gasteiger partial charge in [-0.05, 0) is 51.2 Å². The molecule has 0 aliphatic rings. The Morgan fingerprint density at radius 1 is 0.296 bits per heavy atom. The van der Waals surface area contributed by atoms with Gasteiger partial charge in [-0.1, -0.05) is 182 Å². The second kappa shape index (κ2) is 13.4. The molecule has 0 amide bonds. The molecule has 0 spiro atoms. The van der Waals surface area contributed by atoms with Crippen molar-refractivity contribution in [3.05, 3.63) is 200 Å². The lowest BCUT2D eigenvalue weighted by molar-refractivity contribution is 1.18. The molecule has 2 heterocycles. The third kappa shape index (κ3) is 5.78. The van der Waals surface area contributed by atoms with Crippen molar-refractivity contribution < 1.29 is 0 Å². The molecule has 0 saturated heterocycles. The van der Waals surface area contributed by atoms with E-state index in [2.05, 4.69) is 164 Å². The van der Waals surface area contributed by atoms with Crippen LogP contribution in [0.15, 0.2) is 200 Å². The van der Waals surface area contributed by atoms with Gasteiger partial charge in [0.05, 0.1) is 22.6 Å². The van der Waals surface area contributed by atoms with Crippen LogP contribution in [0.4, 0.5) is 0 Å². The minimum Gasteiger partial charge on any atom is -0.247 e. The quantitative estimate of drug-likeness (QED) is 0.163. The van der Waals surface area contributed by atoms with Crippen molar-refractivity contribution >= 4 is 32.4 Å². The fourth-order valence-electron chi connectivity index (χ4n) is 7.54. The summed E-state index contributed by atoms with van der Waals surface area (Å²) in [7, 11) is 0. The Morgan fingerprint density at radius 3 is 1.56 bits per heavy atom. The largest absolute Gasteiger partial charge is 0.247 e. The highest BCUT2D eigenvalue weighted by atomic mass is 14.9. The second-order valence-corrected chi connectivity index (χ2v) is 13.6. The molecule has 0 aliphatic carbocycles. The zero-order valence-corrected chi connectivity index (χ0v) is 29.4. The molecule has 0 saturated carbocycles. The van der Waals surface area contributed by atoms with E-state index in [9.17, 15) is 0 Å². The lowest BCUT2D eigenvalue weighted by Crippen LogP contribution is -1.95. The smallest absolute Gasteiger partial charge is 0.160 e. The molecule has 252 valence electrons. The van der Waals surface area contributed by atoms with E-state index in [4.69, 9.17) is 15.0 Å². The summed E-state index contributed by atoms with van der Waals surface area (Å²) in [6.07, 6.45) is 0. The Hall–Kier alpha value is -7.23. The topological polar surface area (TPSA) is 38.7 Å². The Labute approximate surface area is 313 Å². The molecule has 0 radical (unpaired) electrons. The summed E-state index contributed by atoms with van der Waals surface area (Å²) >= 11 is 0. The van der Waals surface area contributed by atoms with Crippen LogP contribution in [0, 0.1) is 0 Å². The van der Waals surface area contributed by atoms with Gasteiger partial charge in [0.1, 0.15) is 0 Å². The second-order valence-electron chi connectivity index (χ2n) is 13.6. The monoisotopic (exact) mass is 687 g/mol. The lowest BCUT2D eigenvalue weighted by atomic mass is 9.91. The van der Waals surface area contributed by atoms with Crippen molar-refractivity contribution in [1.29, 1.82) is 0 Å². The van der Waals surface area contributed by atoms with Crippen molar-refractivity contribution in [2.45, 2.75) is 0 Å². The highest BCUT2D eigenvalue weighted by molar-refractivity contribution is 6.17. The summed E-state index contributed by atoms with van der Waals surface area (Å²) in [5, 5.41) is 5.96. The first-order valence-corrected chi connectivity index (χ1v) is 18.3. The molecule has 54 heavy (non-hydrogen) atoms. The summed E-state index contributed by atoms with van der Waals surface area (Å²) in [4.78, 5) is 15.2. The van der Waals surface area contributed by atoms with E-state index >= 15 is 0 Å². The van der Waals surface area contributed by atoms with Gasteiger partial charge in [-0.3, -0.25) is 0 Å². The molecule has 0 fully saturated rings. The van der Waals surface area contributed by atoms with Crippen LogP contribution in [0.2, 0.25) is 0 Å². The van der Waals surface area contributed by atoms with E-state index in [1.807, 2.05) is 36.4 Å². The summed E-state index contributed by atoms with van der Waals surface area (Å²) in [5.74, 6) is 0.716. The van der Waals surface area contributed by atoms with Crippen LogP contribution in [0.3, 0.4) is 0 Å². The molecular weight excluding hydrogens is 655 g/mol. The highest BCUT2D eigenvalue weighted by Crippen LogP contribution is 2.40. The van der Waals surface area contributed by atoms with Gasteiger partial charge >= 0.3 is 0 Å². The number of benzene rings is 8. The number of hydrogen-bond donors (Lipinski definition) is 0. The molecule has 0 aliphatic heterocycles. The predicted molar refractivity (Wildman–Crippen MR) is 225 cm³/mol. The summed E-state index contributed by atoms with van der Waals surface area (Å²) in [6, 6.07) is 70.4. The average Bonchev–Trinajstić information content (AvgIpc) is 3.26. The van der Waals surface area contributed by atoms with Crippen molar-refractivity contribution in [3.63, 3.8) is 0 Å². The maximum Gasteiger partial charge on any atom is 0.160 e. The molecule has 8 aromatic carbocycles.